The summed E-state index contributed by atoms with van der Waals surface area (Å²) < 4.78 is 1.93. The van der Waals surface area contributed by atoms with Crippen molar-refractivity contribution in [3.05, 3.63) is 18.0 Å². The van der Waals surface area contributed by atoms with Crippen molar-refractivity contribution in [1.29, 1.82) is 0 Å². The molecule has 1 saturated carbocycles. The Bertz CT molecular complexity index is 433. The van der Waals surface area contributed by atoms with Gasteiger partial charge in [-0.05, 0) is 68.0 Å². The monoisotopic (exact) mass is 291 g/mol. The van der Waals surface area contributed by atoms with Crippen LogP contribution in [0.1, 0.15) is 52.7 Å². The van der Waals surface area contributed by atoms with Crippen LogP contribution in [-0.2, 0) is 13.5 Å². The lowest BCUT2D eigenvalue weighted by atomic mass is 9.66. The molecule has 120 valence electrons. The van der Waals surface area contributed by atoms with E-state index in [1.54, 1.807) is 0 Å². The molecule has 1 aliphatic rings. The van der Waals surface area contributed by atoms with E-state index in [4.69, 9.17) is 0 Å². The van der Waals surface area contributed by atoms with E-state index in [-0.39, 0.29) is 0 Å². The standard InChI is InChI=1S/C18H33N3/c1-14(2)12-19-13-15-6-8-18(3,4)11-16(15)10-17-7-9-21(5)20-17/h7,9,14-16,19H,6,8,10-13H2,1-5H3. The lowest BCUT2D eigenvalue weighted by molar-refractivity contribution is 0.114. The molecule has 1 aromatic heterocycles. The molecule has 1 fully saturated rings. The molecule has 0 aliphatic heterocycles. The quantitative estimate of drug-likeness (QED) is 0.867. The molecule has 1 aromatic rings. The second-order valence-electron chi connectivity index (χ2n) is 8.16. The molecular weight excluding hydrogens is 258 g/mol. The molecule has 2 atom stereocenters. The number of rotatable bonds is 6. The van der Waals surface area contributed by atoms with E-state index in [0.29, 0.717) is 5.41 Å². The molecule has 1 heterocycles. The van der Waals surface area contributed by atoms with Gasteiger partial charge in [-0.1, -0.05) is 27.7 Å². The van der Waals surface area contributed by atoms with E-state index in [1.165, 1.54) is 31.5 Å². The molecule has 1 aliphatic carbocycles. The topological polar surface area (TPSA) is 29.9 Å². The van der Waals surface area contributed by atoms with Crippen LogP contribution in [0.3, 0.4) is 0 Å². The Balaban J connectivity index is 1.96. The first-order chi connectivity index (χ1) is 9.85. The van der Waals surface area contributed by atoms with Gasteiger partial charge in [-0.15, -0.1) is 0 Å². The van der Waals surface area contributed by atoms with Crippen molar-refractivity contribution >= 4 is 0 Å². The van der Waals surface area contributed by atoms with Crippen LogP contribution in [0.15, 0.2) is 12.3 Å². The van der Waals surface area contributed by atoms with Crippen LogP contribution in [-0.4, -0.2) is 22.9 Å². The van der Waals surface area contributed by atoms with Crippen LogP contribution >= 0.6 is 0 Å². The van der Waals surface area contributed by atoms with Gasteiger partial charge in [0, 0.05) is 13.2 Å². The summed E-state index contributed by atoms with van der Waals surface area (Å²) >= 11 is 0. The Labute approximate surface area is 130 Å². The van der Waals surface area contributed by atoms with Gasteiger partial charge in [0.15, 0.2) is 0 Å². The van der Waals surface area contributed by atoms with Crippen molar-refractivity contribution in [1.82, 2.24) is 15.1 Å². The Morgan fingerprint density at radius 1 is 1.38 bits per heavy atom. The fourth-order valence-electron chi connectivity index (χ4n) is 3.70. The largest absolute Gasteiger partial charge is 0.316 e. The summed E-state index contributed by atoms with van der Waals surface area (Å²) in [6, 6.07) is 2.18. The average Bonchev–Trinajstić information content (AvgIpc) is 2.76. The summed E-state index contributed by atoms with van der Waals surface area (Å²) in [5.74, 6) is 2.31. The smallest absolute Gasteiger partial charge is 0.0627 e. The fraction of sp³-hybridized carbons (Fsp3) is 0.833. The molecule has 3 nitrogen and oxygen atoms in total. The lowest BCUT2D eigenvalue weighted by Gasteiger charge is -2.41. The van der Waals surface area contributed by atoms with Crippen LogP contribution < -0.4 is 5.32 Å². The Morgan fingerprint density at radius 2 is 2.14 bits per heavy atom. The predicted molar refractivity (Wildman–Crippen MR) is 89.2 cm³/mol. The van der Waals surface area contributed by atoms with E-state index >= 15 is 0 Å². The van der Waals surface area contributed by atoms with Gasteiger partial charge in [0.05, 0.1) is 5.69 Å². The highest BCUT2D eigenvalue weighted by Gasteiger charge is 2.34. The number of aryl methyl sites for hydroxylation is 1. The maximum absolute atomic E-state index is 4.59. The summed E-state index contributed by atoms with van der Waals surface area (Å²) in [7, 11) is 2.01. The molecule has 0 bridgehead atoms. The summed E-state index contributed by atoms with van der Waals surface area (Å²) in [6.45, 7) is 11.7. The van der Waals surface area contributed by atoms with Crippen LogP contribution in [0.25, 0.3) is 0 Å². The first kappa shape index (κ1) is 16.5. The van der Waals surface area contributed by atoms with Crippen LogP contribution in [0.5, 0.6) is 0 Å². The van der Waals surface area contributed by atoms with E-state index < -0.39 is 0 Å². The molecule has 21 heavy (non-hydrogen) atoms. The van der Waals surface area contributed by atoms with Crippen molar-refractivity contribution in [3.8, 4) is 0 Å². The Morgan fingerprint density at radius 3 is 2.76 bits per heavy atom. The zero-order valence-corrected chi connectivity index (χ0v) is 14.5. The van der Waals surface area contributed by atoms with Crippen molar-refractivity contribution in [2.45, 2.75) is 53.4 Å². The minimum Gasteiger partial charge on any atom is -0.316 e. The van der Waals surface area contributed by atoms with Gasteiger partial charge in [-0.25, -0.2) is 0 Å². The predicted octanol–water partition coefficient (Wildman–Crippen LogP) is 3.65. The van der Waals surface area contributed by atoms with Gasteiger partial charge in [0.1, 0.15) is 0 Å². The van der Waals surface area contributed by atoms with Crippen molar-refractivity contribution in [2.75, 3.05) is 13.1 Å². The maximum atomic E-state index is 4.59. The average molecular weight is 291 g/mol. The van der Waals surface area contributed by atoms with Gasteiger partial charge in [-0.2, -0.15) is 5.10 Å². The molecule has 0 saturated heterocycles. The molecule has 3 heteroatoms. The molecule has 2 rings (SSSR count). The van der Waals surface area contributed by atoms with E-state index in [2.05, 4.69) is 50.4 Å². The van der Waals surface area contributed by atoms with Crippen LogP contribution in [0.2, 0.25) is 0 Å². The maximum Gasteiger partial charge on any atom is 0.0627 e. The lowest BCUT2D eigenvalue weighted by Crippen LogP contribution is -2.38. The third kappa shape index (κ3) is 5.14. The summed E-state index contributed by atoms with van der Waals surface area (Å²) in [6.07, 6.45) is 7.25. The molecule has 0 amide bonds. The second kappa shape index (κ2) is 6.95. The molecule has 0 spiro atoms. The third-order valence-electron chi connectivity index (χ3n) is 4.87. The first-order valence-corrected chi connectivity index (χ1v) is 8.55. The summed E-state index contributed by atoms with van der Waals surface area (Å²) in [5.41, 5.74) is 1.75. The third-order valence-corrected chi connectivity index (χ3v) is 4.87. The molecule has 1 N–H and O–H groups in total. The number of nitrogens with zero attached hydrogens (tertiary/aromatic N) is 2. The minimum absolute atomic E-state index is 0.494. The molecular formula is C18H33N3. The van der Waals surface area contributed by atoms with Crippen LogP contribution in [0, 0.1) is 23.2 Å². The highest BCUT2D eigenvalue weighted by atomic mass is 15.2. The SMILES string of the molecule is CC(C)CNCC1CCC(C)(C)CC1Cc1ccn(C)n1. The highest BCUT2D eigenvalue weighted by Crippen LogP contribution is 2.42. The van der Waals surface area contributed by atoms with E-state index in [1.807, 2.05) is 11.7 Å². The van der Waals surface area contributed by atoms with Gasteiger partial charge >= 0.3 is 0 Å². The van der Waals surface area contributed by atoms with Gasteiger partial charge in [0.25, 0.3) is 0 Å². The van der Waals surface area contributed by atoms with Crippen molar-refractivity contribution in [3.63, 3.8) is 0 Å². The first-order valence-electron chi connectivity index (χ1n) is 8.55. The summed E-state index contributed by atoms with van der Waals surface area (Å²) in [4.78, 5) is 0. The minimum atomic E-state index is 0.494. The fourth-order valence-corrected chi connectivity index (χ4v) is 3.70. The normalized spacial score (nSPS) is 25.4. The number of nitrogens with one attached hydrogen (secondary N) is 1. The van der Waals surface area contributed by atoms with Crippen molar-refractivity contribution < 1.29 is 0 Å². The highest BCUT2D eigenvalue weighted by molar-refractivity contribution is 5.02. The van der Waals surface area contributed by atoms with Crippen LogP contribution in [0.4, 0.5) is 0 Å². The van der Waals surface area contributed by atoms with Gasteiger partial charge in [0.2, 0.25) is 0 Å². The zero-order valence-electron chi connectivity index (χ0n) is 14.5. The number of aromatic nitrogens is 2. The molecule has 0 aromatic carbocycles. The van der Waals surface area contributed by atoms with Crippen molar-refractivity contribution in [2.24, 2.45) is 30.2 Å². The number of hydrogen-bond acceptors (Lipinski definition) is 2. The Kier molecular flexibility index (Phi) is 5.48. The van der Waals surface area contributed by atoms with E-state index in [9.17, 15) is 0 Å². The second-order valence-corrected chi connectivity index (χ2v) is 8.16. The zero-order chi connectivity index (χ0) is 15.5. The number of hydrogen-bond donors (Lipinski definition) is 1. The van der Waals surface area contributed by atoms with Gasteiger partial charge in [-0.3, -0.25) is 4.68 Å². The van der Waals surface area contributed by atoms with Gasteiger partial charge < -0.3 is 5.32 Å². The van der Waals surface area contributed by atoms with E-state index in [0.717, 1.165) is 30.7 Å². The summed E-state index contributed by atoms with van der Waals surface area (Å²) in [5, 5.41) is 8.27. The molecule has 0 radical (unpaired) electrons. The molecule has 2 unspecified atom stereocenters. The Hall–Kier alpha value is -0.830.